The van der Waals surface area contributed by atoms with Crippen LogP contribution in [0.1, 0.15) is 5.69 Å². The summed E-state index contributed by atoms with van der Waals surface area (Å²) in [7, 11) is 0. The highest BCUT2D eigenvalue weighted by molar-refractivity contribution is 6.31. The van der Waals surface area contributed by atoms with Crippen molar-refractivity contribution in [2.24, 2.45) is 0 Å². The number of ether oxygens (including phenoxy) is 1. The Morgan fingerprint density at radius 2 is 2.15 bits per heavy atom. The highest BCUT2D eigenvalue weighted by atomic mass is 35.5. The van der Waals surface area contributed by atoms with Crippen LogP contribution in [0.2, 0.25) is 5.15 Å². The van der Waals surface area contributed by atoms with Gasteiger partial charge in [-0.15, -0.1) is 0 Å². The van der Waals surface area contributed by atoms with E-state index in [1.807, 2.05) is 28.8 Å². The highest BCUT2D eigenvalue weighted by Gasteiger charge is 2.14. The summed E-state index contributed by atoms with van der Waals surface area (Å²) in [4.78, 5) is 18.0. The lowest BCUT2D eigenvalue weighted by Gasteiger charge is -2.25. The monoisotopic (exact) mass is 291 g/mol. The molecule has 0 saturated carbocycles. The smallest absolute Gasteiger partial charge is 0.246 e. The minimum Gasteiger partial charge on any atom is -0.378 e. The Balaban J connectivity index is 1.83. The van der Waals surface area contributed by atoms with Crippen molar-refractivity contribution < 1.29 is 9.53 Å². The molecule has 0 aromatic carbocycles. The number of carbonyl (C=O) groups excluding carboxylic acids is 1. The molecule has 0 atom stereocenters. The average molecular weight is 292 g/mol. The number of carbonyl (C=O) groups is 1. The first-order valence-electron chi connectivity index (χ1n) is 6.43. The van der Waals surface area contributed by atoms with Crippen LogP contribution in [0.25, 0.3) is 11.7 Å². The van der Waals surface area contributed by atoms with Crippen LogP contribution in [0.4, 0.5) is 0 Å². The molecule has 2 aromatic heterocycles. The van der Waals surface area contributed by atoms with E-state index in [1.54, 1.807) is 11.0 Å². The largest absolute Gasteiger partial charge is 0.378 e. The Kier molecular flexibility index (Phi) is 3.71. The number of rotatable bonds is 2. The van der Waals surface area contributed by atoms with Gasteiger partial charge in [0.05, 0.1) is 18.9 Å². The Labute approximate surface area is 121 Å². The number of aromatic nitrogens is 2. The predicted molar refractivity (Wildman–Crippen MR) is 76.6 cm³/mol. The third kappa shape index (κ3) is 2.55. The topological polar surface area (TPSA) is 46.8 Å². The summed E-state index contributed by atoms with van der Waals surface area (Å²) < 4.78 is 7.08. The van der Waals surface area contributed by atoms with E-state index in [9.17, 15) is 4.79 Å². The molecule has 0 bridgehead atoms. The van der Waals surface area contributed by atoms with Gasteiger partial charge in [-0.2, -0.15) is 0 Å². The van der Waals surface area contributed by atoms with Crippen LogP contribution in [0.15, 0.2) is 30.5 Å². The minimum atomic E-state index is -0.0322. The van der Waals surface area contributed by atoms with Crippen LogP contribution in [-0.2, 0) is 9.53 Å². The van der Waals surface area contributed by atoms with Gasteiger partial charge in [0.15, 0.2) is 5.15 Å². The lowest BCUT2D eigenvalue weighted by molar-refractivity contribution is -0.129. The molecule has 3 heterocycles. The van der Waals surface area contributed by atoms with Crippen molar-refractivity contribution >= 4 is 29.2 Å². The average Bonchev–Trinajstić information content (AvgIpc) is 2.81. The number of morpholine rings is 1. The third-order valence-corrected chi connectivity index (χ3v) is 3.51. The van der Waals surface area contributed by atoms with Crippen molar-refractivity contribution in [2.45, 2.75) is 0 Å². The maximum atomic E-state index is 12.1. The summed E-state index contributed by atoms with van der Waals surface area (Å²) in [5.74, 6) is -0.0322. The molecule has 0 radical (unpaired) electrons. The molecule has 1 amide bonds. The van der Waals surface area contributed by atoms with Gasteiger partial charge in [-0.3, -0.25) is 9.20 Å². The second-order valence-electron chi connectivity index (χ2n) is 4.49. The molecule has 1 saturated heterocycles. The van der Waals surface area contributed by atoms with Gasteiger partial charge in [0, 0.05) is 25.4 Å². The lowest BCUT2D eigenvalue weighted by Crippen LogP contribution is -2.39. The Morgan fingerprint density at radius 3 is 2.95 bits per heavy atom. The molecule has 3 rings (SSSR count). The molecule has 104 valence electrons. The molecular formula is C14H14ClN3O2. The molecule has 5 nitrogen and oxygen atoms in total. The summed E-state index contributed by atoms with van der Waals surface area (Å²) in [6.45, 7) is 2.44. The summed E-state index contributed by atoms with van der Waals surface area (Å²) in [5.41, 5.74) is 1.47. The maximum absolute atomic E-state index is 12.1. The third-order valence-electron chi connectivity index (χ3n) is 3.23. The zero-order valence-corrected chi connectivity index (χ0v) is 11.6. The first-order chi connectivity index (χ1) is 9.75. The van der Waals surface area contributed by atoms with Crippen LogP contribution < -0.4 is 0 Å². The standard InChI is InChI=1S/C14H14ClN3O2/c15-14-11(18-6-2-1-3-12(18)16-14)4-5-13(19)17-7-9-20-10-8-17/h1-6H,7-10H2/b5-4+. The van der Waals surface area contributed by atoms with Crippen LogP contribution >= 0.6 is 11.6 Å². The van der Waals surface area contributed by atoms with Crippen LogP contribution in [0.3, 0.4) is 0 Å². The summed E-state index contributed by atoms with van der Waals surface area (Å²) >= 11 is 6.11. The molecule has 1 aliphatic heterocycles. The number of imidazole rings is 1. The number of hydrogen-bond donors (Lipinski definition) is 0. The fourth-order valence-corrected chi connectivity index (χ4v) is 2.42. The van der Waals surface area contributed by atoms with E-state index in [-0.39, 0.29) is 5.91 Å². The van der Waals surface area contributed by atoms with Gasteiger partial charge in [0.2, 0.25) is 5.91 Å². The van der Waals surface area contributed by atoms with E-state index in [4.69, 9.17) is 16.3 Å². The van der Waals surface area contributed by atoms with Gasteiger partial charge in [0.25, 0.3) is 0 Å². The Bertz CT molecular complexity index is 659. The normalized spacial score (nSPS) is 16.1. The second kappa shape index (κ2) is 5.64. The number of halogens is 1. The van der Waals surface area contributed by atoms with Crippen LogP contribution in [0, 0.1) is 0 Å². The summed E-state index contributed by atoms with van der Waals surface area (Å²) in [6.07, 6.45) is 5.11. The lowest BCUT2D eigenvalue weighted by atomic mass is 10.3. The zero-order valence-electron chi connectivity index (χ0n) is 10.8. The molecular weight excluding hydrogens is 278 g/mol. The van der Waals surface area contributed by atoms with Crippen LogP contribution in [-0.4, -0.2) is 46.5 Å². The van der Waals surface area contributed by atoms with E-state index in [1.165, 1.54) is 6.08 Å². The van der Waals surface area contributed by atoms with Crippen molar-refractivity contribution in [1.82, 2.24) is 14.3 Å². The molecule has 0 aliphatic carbocycles. The van der Waals surface area contributed by atoms with Crippen molar-refractivity contribution in [2.75, 3.05) is 26.3 Å². The van der Waals surface area contributed by atoms with Gasteiger partial charge in [0.1, 0.15) is 5.65 Å². The summed E-state index contributed by atoms with van der Waals surface area (Å²) in [5, 5.41) is 0.391. The predicted octanol–water partition coefficient (Wildman–Crippen LogP) is 1.86. The minimum absolute atomic E-state index is 0.0322. The number of amides is 1. The van der Waals surface area contributed by atoms with E-state index in [2.05, 4.69) is 4.98 Å². The Morgan fingerprint density at radius 1 is 1.35 bits per heavy atom. The molecule has 6 heteroatoms. The SMILES string of the molecule is O=C(/C=C/c1c(Cl)nc2ccccn12)N1CCOCC1. The van der Waals surface area contributed by atoms with Crippen LogP contribution in [0.5, 0.6) is 0 Å². The molecule has 0 N–H and O–H groups in total. The molecule has 20 heavy (non-hydrogen) atoms. The number of hydrogen-bond acceptors (Lipinski definition) is 3. The van der Waals surface area contributed by atoms with Crippen molar-refractivity contribution in [3.8, 4) is 0 Å². The Hall–Kier alpha value is -1.85. The van der Waals surface area contributed by atoms with E-state index in [0.29, 0.717) is 37.2 Å². The quantitative estimate of drug-likeness (QED) is 0.794. The van der Waals surface area contributed by atoms with Gasteiger partial charge in [-0.05, 0) is 18.2 Å². The summed E-state index contributed by atoms with van der Waals surface area (Å²) in [6, 6.07) is 5.66. The number of nitrogens with zero attached hydrogens (tertiary/aromatic N) is 3. The van der Waals surface area contributed by atoms with Gasteiger partial charge < -0.3 is 9.64 Å². The molecule has 1 aliphatic rings. The van der Waals surface area contributed by atoms with Crippen molar-refractivity contribution in [3.63, 3.8) is 0 Å². The fraction of sp³-hybridized carbons (Fsp3) is 0.286. The molecule has 0 spiro atoms. The first-order valence-corrected chi connectivity index (χ1v) is 6.81. The van der Waals surface area contributed by atoms with Crippen molar-refractivity contribution in [3.05, 3.63) is 41.3 Å². The van der Waals surface area contributed by atoms with E-state index < -0.39 is 0 Å². The van der Waals surface area contributed by atoms with Gasteiger partial charge in [-0.1, -0.05) is 17.7 Å². The first kappa shape index (κ1) is 13.1. The van der Waals surface area contributed by atoms with Gasteiger partial charge >= 0.3 is 0 Å². The van der Waals surface area contributed by atoms with E-state index in [0.717, 1.165) is 5.65 Å². The molecule has 0 unspecified atom stereocenters. The zero-order chi connectivity index (χ0) is 13.9. The number of pyridine rings is 1. The fourth-order valence-electron chi connectivity index (χ4n) is 2.17. The molecule has 1 fully saturated rings. The van der Waals surface area contributed by atoms with E-state index >= 15 is 0 Å². The van der Waals surface area contributed by atoms with Gasteiger partial charge in [-0.25, -0.2) is 4.98 Å². The maximum Gasteiger partial charge on any atom is 0.246 e. The molecule has 2 aromatic rings. The second-order valence-corrected chi connectivity index (χ2v) is 4.85. The number of fused-ring (bicyclic) bond motifs is 1. The highest BCUT2D eigenvalue weighted by Crippen LogP contribution is 2.19. The van der Waals surface area contributed by atoms with Crippen molar-refractivity contribution in [1.29, 1.82) is 0 Å².